The van der Waals surface area contributed by atoms with Crippen LogP contribution in [0.15, 0.2) is 18.2 Å². The summed E-state index contributed by atoms with van der Waals surface area (Å²) in [4.78, 5) is 25.2. The van der Waals surface area contributed by atoms with Crippen LogP contribution < -0.4 is 10.1 Å². The summed E-state index contributed by atoms with van der Waals surface area (Å²) in [5, 5.41) is 2.72. The first-order valence-electron chi connectivity index (χ1n) is 7.72. The van der Waals surface area contributed by atoms with E-state index < -0.39 is 6.04 Å². The Balaban J connectivity index is 1.83. The first kappa shape index (κ1) is 16.3. The molecule has 3 amide bonds. The fraction of sp³-hybridized carbons (Fsp3) is 0.529. The zero-order valence-corrected chi connectivity index (χ0v) is 13.7. The van der Waals surface area contributed by atoms with Crippen LogP contribution in [0.25, 0.3) is 0 Å². The minimum atomic E-state index is -0.396. The van der Waals surface area contributed by atoms with Crippen molar-refractivity contribution < 1.29 is 14.3 Å². The van der Waals surface area contributed by atoms with Crippen LogP contribution in [0.4, 0.5) is 4.79 Å². The van der Waals surface area contributed by atoms with E-state index in [2.05, 4.69) is 5.32 Å². The van der Waals surface area contributed by atoms with Gasteiger partial charge in [0, 0.05) is 6.54 Å². The van der Waals surface area contributed by atoms with Gasteiger partial charge in [-0.15, -0.1) is 0 Å². The van der Waals surface area contributed by atoms with Crippen molar-refractivity contribution in [2.75, 3.05) is 13.2 Å². The molecule has 1 aromatic rings. The lowest BCUT2D eigenvalue weighted by molar-refractivity contribution is -0.128. The van der Waals surface area contributed by atoms with Crippen LogP contribution in [-0.4, -0.2) is 36.0 Å². The van der Waals surface area contributed by atoms with Crippen molar-refractivity contribution in [3.05, 3.63) is 29.3 Å². The summed E-state index contributed by atoms with van der Waals surface area (Å²) in [5.41, 5.74) is 2.23. The van der Waals surface area contributed by atoms with Gasteiger partial charge < -0.3 is 10.1 Å². The summed E-state index contributed by atoms with van der Waals surface area (Å²) in [7, 11) is 0. The highest BCUT2D eigenvalue weighted by Crippen LogP contribution is 2.19. The second kappa shape index (κ2) is 6.81. The molecule has 120 valence electrons. The second-order valence-corrected chi connectivity index (χ2v) is 6.13. The van der Waals surface area contributed by atoms with Crippen LogP contribution in [0.5, 0.6) is 5.75 Å². The maximum Gasteiger partial charge on any atom is 0.324 e. The van der Waals surface area contributed by atoms with Crippen molar-refractivity contribution in [3.8, 4) is 5.75 Å². The average molecular weight is 304 g/mol. The average Bonchev–Trinajstić information content (AvgIpc) is 2.74. The van der Waals surface area contributed by atoms with Crippen molar-refractivity contribution in [2.24, 2.45) is 5.92 Å². The molecule has 1 atom stereocenters. The first-order chi connectivity index (χ1) is 10.4. The van der Waals surface area contributed by atoms with Gasteiger partial charge in [-0.25, -0.2) is 4.79 Å². The Morgan fingerprint density at radius 2 is 2.00 bits per heavy atom. The molecule has 5 heteroatoms. The van der Waals surface area contributed by atoms with Crippen molar-refractivity contribution >= 4 is 11.9 Å². The molecule has 2 rings (SSSR count). The minimum Gasteiger partial charge on any atom is -0.493 e. The van der Waals surface area contributed by atoms with Gasteiger partial charge in [0.25, 0.3) is 5.91 Å². The summed E-state index contributed by atoms with van der Waals surface area (Å²) in [6, 6.07) is 5.37. The number of nitrogens with zero attached hydrogens (tertiary/aromatic N) is 1. The Morgan fingerprint density at radius 3 is 2.64 bits per heavy atom. The molecule has 0 radical (unpaired) electrons. The molecule has 0 spiro atoms. The number of nitrogens with one attached hydrogen (secondary N) is 1. The van der Waals surface area contributed by atoms with Gasteiger partial charge in [-0.3, -0.25) is 9.69 Å². The third-order valence-corrected chi connectivity index (χ3v) is 3.85. The monoisotopic (exact) mass is 304 g/mol. The van der Waals surface area contributed by atoms with E-state index >= 15 is 0 Å². The van der Waals surface area contributed by atoms with Gasteiger partial charge in [0.15, 0.2) is 0 Å². The van der Waals surface area contributed by atoms with E-state index in [-0.39, 0.29) is 17.9 Å². The molecule has 1 fully saturated rings. The molecule has 0 bridgehead atoms. The number of benzene rings is 1. The van der Waals surface area contributed by atoms with Crippen molar-refractivity contribution in [2.45, 2.75) is 40.2 Å². The lowest BCUT2D eigenvalue weighted by Crippen LogP contribution is -2.35. The normalized spacial score (nSPS) is 18.0. The van der Waals surface area contributed by atoms with E-state index in [1.54, 1.807) is 0 Å². The van der Waals surface area contributed by atoms with Gasteiger partial charge in [0.1, 0.15) is 11.8 Å². The Morgan fingerprint density at radius 1 is 1.27 bits per heavy atom. The number of hydrogen-bond donors (Lipinski definition) is 1. The molecule has 5 nitrogen and oxygen atoms in total. The van der Waals surface area contributed by atoms with E-state index in [1.165, 1.54) is 4.90 Å². The van der Waals surface area contributed by atoms with Crippen LogP contribution in [0, 0.1) is 19.8 Å². The molecule has 1 unspecified atom stereocenters. The highest BCUT2D eigenvalue weighted by molar-refractivity contribution is 6.04. The van der Waals surface area contributed by atoms with Crippen molar-refractivity contribution in [1.82, 2.24) is 10.2 Å². The van der Waals surface area contributed by atoms with Crippen LogP contribution in [-0.2, 0) is 4.79 Å². The zero-order valence-electron chi connectivity index (χ0n) is 13.7. The molecular weight excluding hydrogens is 280 g/mol. The topological polar surface area (TPSA) is 58.6 Å². The largest absolute Gasteiger partial charge is 0.493 e. The number of carbonyl (C=O) groups excluding carboxylic acids is 2. The van der Waals surface area contributed by atoms with Crippen molar-refractivity contribution in [1.29, 1.82) is 0 Å². The quantitative estimate of drug-likeness (QED) is 0.649. The molecule has 0 aromatic heterocycles. The van der Waals surface area contributed by atoms with Crippen molar-refractivity contribution in [3.63, 3.8) is 0 Å². The Labute approximate surface area is 131 Å². The minimum absolute atomic E-state index is 0.104. The maximum atomic E-state index is 12.1. The van der Waals surface area contributed by atoms with Gasteiger partial charge in [-0.2, -0.15) is 0 Å². The zero-order chi connectivity index (χ0) is 16.3. The van der Waals surface area contributed by atoms with Gasteiger partial charge in [0.2, 0.25) is 0 Å². The lowest BCUT2D eigenvalue weighted by Gasteiger charge is -2.15. The highest BCUT2D eigenvalue weighted by atomic mass is 16.5. The Bertz CT molecular complexity index is 569. The van der Waals surface area contributed by atoms with Gasteiger partial charge in [-0.1, -0.05) is 26.0 Å². The molecule has 1 aromatic carbocycles. The summed E-state index contributed by atoms with van der Waals surface area (Å²) in [6.07, 6.45) is 0.622. The van der Waals surface area contributed by atoms with Gasteiger partial charge in [-0.05, 0) is 43.4 Å². The summed E-state index contributed by atoms with van der Waals surface area (Å²) in [5.74, 6) is 0.830. The maximum absolute atomic E-state index is 12.1. The molecule has 1 heterocycles. The number of rotatable bonds is 6. The van der Waals surface area contributed by atoms with Crippen LogP contribution in [0.1, 0.15) is 31.4 Å². The molecule has 1 N–H and O–H groups in total. The fourth-order valence-electron chi connectivity index (χ4n) is 2.47. The van der Waals surface area contributed by atoms with E-state index in [4.69, 9.17) is 4.74 Å². The van der Waals surface area contributed by atoms with Gasteiger partial charge in [0.05, 0.1) is 6.61 Å². The van der Waals surface area contributed by atoms with Crippen LogP contribution in [0.2, 0.25) is 0 Å². The summed E-state index contributed by atoms with van der Waals surface area (Å²) < 4.78 is 5.75. The van der Waals surface area contributed by atoms with Crippen LogP contribution >= 0.6 is 0 Å². The van der Waals surface area contributed by atoms with Crippen LogP contribution in [0.3, 0.4) is 0 Å². The van der Waals surface area contributed by atoms with E-state index in [0.717, 1.165) is 16.9 Å². The number of amides is 3. The molecule has 1 saturated heterocycles. The SMILES string of the molecule is Cc1ccc(C)c(OCCCN2C(=O)NC(C(C)C)C2=O)c1. The number of ether oxygens (including phenoxy) is 1. The predicted molar refractivity (Wildman–Crippen MR) is 84.9 cm³/mol. The Hall–Kier alpha value is -2.04. The number of aryl methyl sites for hydroxylation is 2. The summed E-state index contributed by atoms with van der Waals surface area (Å²) >= 11 is 0. The third kappa shape index (κ3) is 3.59. The number of hydrogen-bond acceptors (Lipinski definition) is 3. The van der Waals surface area contributed by atoms with E-state index in [9.17, 15) is 9.59 Å². The lowest BCUT2D eigenvalue weighted by atomic mass is 10.1. The number of carbonyl (C=O) groups is 2. The smallest absolute Gasteiger partial charge is 0.324 e. The number of imide groups is 1. The van der Waals surface area contributed by atoms with E-state index in [1.807, 2.05) is 45.9 Å². The second-order valence-electron chi connectivity index (χ2n) is 6.13. The molecular formula is C17H24N2O3. The number of urea groups is 1. The van der Waals surface area contributed by atoms with Gasteiger partial charge >= 0.3 is 6.03 Å². The van der Waals surface area contributed by atoms with E-state index in [0.29, 0.717) is 19.6 Å². The predicted octanol–water partition coefficient (Wildman–Crippen LogP) is 2.65. The fourth-order valence-corrected chi connectivity index (χ4v) is 2.47. The molecule has 1 aliphatic heterocycles. The standard InChI is InChI=1S/C17H24N2O3/c1-11(2)15-16(20)19(17(21)18-15)8-5-9-22-14-10-12(3)6-7-13(14)4/h6-7,10-11,15H,5,8-9H2,1-4H3,(H,18,21). The molecule has 0 aliphatic carbocycles. The highest BCUT2D eigenvalue weighted by Gasteiger charge is 2.38. The molecule has 0 saturated carbocycles. The molecule has 22 heavy (non-hydrogen) atoms. The summed E-state index contributed by atoms with van der Waals surface area (Å²) in [6.45, 7) is 8.74. The first-order valence-corrected chi connectivity index (χ1v) is 7.72. The molecule has 1 aliphatic rings. The third-order valence-electron chi connectivity index (χ3n) is 3.85. The Kier molecular flexibility index (Phi) is 5.06.